The summed E-state index contributed by atoms with van der Waals surface area (Å²) >= 11 is 0. The summed E-state index contributed by atoms with van der Waals surface area (Å²) in [6, 6.07) is 0. The van der Waals surface area contributed by atoms with Crippen LogP contribution in [-0.2, 0) is 0 Å². The van der Waals surface area contributed by atoms with E-state index in [2.05, 4.69) is 6.26 Å². The van der Waals surface area contributed by atoms with Crippen LogP contribution in [0.5, 0.6) is 0 Å². The third-order valence-electron chi connectivity index (χ3n) is 1.39. The first-order chi connectivity index (χ1) is 3.21. The van der Waals surface area contributed by atoms with Gasteiger partial charge in [-0.25, -0.2) is 0 Å². The molecule has 0 amide bonds. The predicted octanol–water partition coefficient (Wildman–Crippen LogP) is 2.37. The second kappa shape index (κ2) is 1.87. The van der Waals surface area contributed by atoms with Gasteiger partial charge in [-0.15, -0.1) is 0 Å². The van der Waals surface area contributed by atoms with Crippen LogP contribution in [0.2, 0.25) is 0 Å². The van der Waals surface area contributed by atoms with Gasteiger partial charge in [0, 0.05) is 0 Å². The van der Waals surface area contributed by atoms with E-state index >= 15 is 0 Å². The van der Waals surface area contributed by atoms with E-state index in [0.29, 0.717) is 0 Å². The van der Waals surface area contributed by atoms with E-state index < -0.39 is 9.24 Å². The number of hydrogen-bond acceptors (Lipinski definition) is 0. The molecule has 0 saturated carbocycles. The van der Waals surface area contributed by atoms with Gasteiger partial charge in [-0.05, 0) is 30.6 Å². The molecule has 0 aromatic carbocycles. The summed E-state index contributed by atoms with van der Waals surface area (Å²) < 4.78 is 0. The molecular weight excluding hydrogens is 128 g/mol. The highest BCUT2D eigenvalue weighted by Gasteiger charge is 2.19. The van der Waals surface area contributed by atoms with Gasteiger partial charge in [0.25, 0.3) is 0 Å². The standard InChI is InChI=1S/C5H11ClS/c1-7(6)4-2-3-5-7/h2-5H2,1H3. The fraction of sp³-hybridized carbons (Fsp3) is 1.00. The summed E-state index contributed by atoms with van der Waals surface area (Å²) in [5.74, 6) is 2.60. The summed E-state index contributed by atoms with van der Waals surface area (Å²) in [5.41, 5.74) is 0. The van der Waals surface area contributed by atoms with Crippen molar-refractivity contribution in [3.8, 4) is 0 Å². The third-order valence-corrected chi connectivity index (χ3v) is 4.60. The monoisotopic (exact) mass is 138 g/mol. The Labute approximate surface area is 51.1 Å². The Kier molecular flexibility index (Phi) is 1.54. The Morgan fingerprint density at radius 1 is 1.29 bits per heavy atom. The molecule has 0 aromatic heterocycles. The Bertz CT molecular complexity index is 62.5. The fourth-order valence-corrected chi connectivity index (χ4v) is 3.38. The lowest BCUT2D eigenvalue weighted by Gasteiger charge is -2.18. The van der Waals surface area contributed by atoms with Crippen LogP contribution in [0, 0.1) is 0 Å². The molecule has 1 rings (SSSR count). The molecule has 0 bridgehead atoms. The Morgan fingerprint density at radius 3 is 1.86 bits per heavy atom. The first-order valence-corrected chi connectivity index (χ1v) is 5.85. The molecule has 7 heavy (non-hydrogen) atoms. The van der Waals surface area contributed by atoms with E-state index in [1.165, 1.54) is 24.3 Å². The quantitative estimate of drug-likeness (QED) is 0.482. The molecule has 0 aliphatic carbocycles. The second-order valence-corrected chi connectivity index (χ2v) is 7.63. The van der Waals surface area contributed by atoms with E-state index in [4.69, 9.17) is 10.7 Å². The Balaban J connectivity index is 2.40. The molecule has 0 nitrogen and oxygen atoms in total. The van der Waals surface area contributed by atoms with Crippen molar-refractivity contribution in [1.82, 2.24) is 0 Å². The van der Waals surface area contributed by atoms with Gasteiger partial charge in [-0.3, -0.25) is 0 Å². The molecule has 1 aliphatic heterocycles. The van der Waals surface area contributed by atoms with Crippen molar-refractivity contribution < 1.29 is 0 Å². The summed E-state index contributed by atoms with van der Waals surface area (Å²) in [6.45, 7) is 0. The van der Waals surface area contributed by atoms with Crippen LogP contribution in [0.3, 0.4) is 0 Å². The lowest BCUT2D eigenvalue weighted by Crippen LogP contribution is -1.86. The first-order valence-electron chi connectivity index (χ1n) is 2.64. The van der Waals surface area contributed by atoms with E-state index in [1.807, 2.05) is 0 Å². The van der Waals surface area contributed by atoms with Gasteiger partial charge < -0.3 is 0 Å². The molecule has 0 atom stereocenters. The molecule has 0 N–H and O–H groups in total. The van der Waals surface area contributed by atoms with Crippen molar-refractivity contribution in [3.05, 3.63) is 0 Å². The Hall–Kier alpha value is 0.640. The van der Waals surface area contributed by atoms with Crippen LogP contribution in [0.15, 0.2) is 0 Å². The van der Waals surface area contributed by atoms with Crippen LogP contribution < -0.4 is 0 Å². The normalized spacial score (nSPS) is 32.9. The molecule has 0 radical (unpaired) electrons. The van der Waals surface area contributed by atoms with Gasteiger partial charge in [-0.1, -0.05) is 10.7 Å². The van der Waals surface area contributed by atoms with Crippen LogP contribution in [0.4, 0.5) is 0 Å². The maximum atomic E-state index is 6.05. The van der Waals surface area contributed by atoms with Gasteiger partial charge >= 0.3 is 0 Å². The molecule has 1 fully saturated rings. The lowest BCUT2D eigenvalue weighted by molar-refractivity contribution is 0.949. The molecule has 1 aliphatic rings. The van der Waals surface area contributed by atoms with Crippen molar-refractivity contribution in [2.45, 2.75) is 12.8 Å². The minimum absolute atomic E-state index is 0.574. The SMILES string of the molecule is CS1(Cl)CCCC1. The van der Waals surface area contributed by atoms with Gasteiger partial charge in [0.1, 0.15) is 0 Å². The molecule has 1 heterocycles. The zero-order valence-corrected chi connectivity index (χ0v) is 6.19. The summed E-state index contributed by atoms with van der Waals surface area (Å²) in [4.78, 5) is 0. The van der Waals surface area contributed by atoms with Crippen molar-refractivity contribution >= 4 is 19.9 Å². The topological polar surface area (TPSA) is 0 Å². The van der Waals surface area contributed by atoms with E-state index in [9.17, 15) is 0 Å². The average Bonchev–Trinajstić information content (AvgIpc) is 1.84. The van der Waals surface area contributed by atoms with Crippen molar-refractivity contribution in [3.63, 3.8) is 0 Å². The highest BCUT2D eigenvalue weighted by Crippen LogP contribution is 2.54. The average molecular weight is 139 g/mol. The van der Waals surface area contributed by atoms with Gasteiger partial charge in [0.2, 0.25) is 0 Å². The molecule has 1 saturated heterocycles. The van der Waals surface area contributed by atoms with Gasteiger partial charge in [0.15, 0.2) is 0 Å². The minimum atomic E-state index is -0.574. The maximum Gasteiger partial charge on any atom is -0.0103 e. The number of halogens is 1. The summed E-state index contributed by atoms with van der Waals surface area (Å²) in [5, 5.41) is 0. The molecule has 44 valence electrons. The lowest BCUT2D eigenvalue weighted by atomic mass is 10.4. The molecule has 0 aromatic rings. The molecular formula is C5H11ClS. The smallest absolute Gasteiger partial charge is 0.0103 e. The van der Waals surface area contributed by atoms with Crippen LogP contribution in [-0.4, -0.2) is 17.8 Å². The Morgan fingerprint density at radius 2 is 1.71 bits per heavy atom. The maximum absolute atomic E-state index is 6.05. The zero-order valence-electron chi connectivity index (χ0n) is 4.61. The van der Waals surface area contributed by atoms with Crippen LogP contribution >= 0.6 is 19.9 Å². The van der Waals surface area contributed by atoms with Crippen molar-refractivity contribution in [2.75, 3.05) is 17.8 Å². The van der Waals surface area contributed by atoms with E-state index in [-0.39, 0.29) is 0 Å². The van der Waals surface area contributed by atoms with E-state index in [1.54, 1.807) is 0 Å². The third kappa shape index (κ3) is 1.54. The molecule has 0 spiro atoms. The van der Waals surface area contributed by atoms with Crippen LogP contribution in [0.25, 0.3) is 0 Å². The number of rotatable bonds is 0. The van der Waals surface area contributed by atoms with Gasteiger partial charge in [-0.2, -0.15) is 9.24 Å². The van der Waals surface area contributed by atoms with E-state index in [0.717, 1.165) is 0 Å². The molecule has 2 heteroatoms. The molecule has 0 unspecified atom stereocenters. The number of hydrogen-bond donors (Lipinski definition) is 0. The first kappa shape index (κ1) is 5.77. The van der Waals surface area contributed by atoms with Crippen molar-refractivity contribution in [2.24, 2.45) is 0 Å². The second-order valence-electron chi connectivity index (χ2n) is 2.27. The zero-order chi connectivity index (χ0) is 5.33. The fourth-order valence-electron chi connectivity index (χ4n) is 0.908. The summed E-state index contributed by atoms with van der Waals surface area (Å²) in [7, 11) is 5.48. The largest absolute Gasteiger partial charge is 0.166 e. The minimum Gasteiger partial charge on any atom is -0.166 e. The van der Waals surface area contributed by atoms with Crippen molar-refractivity contribution in [1.29, 1.82) is 0 Å². The highest BCUT2D eigenvalue weighted by atomic mass is 35.7. The van der Waals surface area contributed by atoms with Crippen LogP contribution in [0.1, 0.15) is 12.8 Å². The predicted molar refractivity (Wildman–Crippen MR) is 38.3 cm³/mol. The van der Waals surface area contributed by atoms with Gasteiger partial charge in [0.05, 0.1) is 0 Å². The summed E-state index contributed by atoms with van der Waals surface area (Å²) in [6.07, 6.45) is 4.95. The highest BCUT2D eigenvalue weighted by molar-refractivity contribution is 8.50.